The lowest BCUT2D eigenvalue weighted by atomic mass is 10.1. The molecule has 20 heavy (non-hydrogen) atoms. The smallest absolute Gasteiger partial charge is 0.265 e. The lowest BCUT2D eigenvalue weighted by Gasteiger charge is -2.08. The third-order valence-corrected chi connectivity index (χ3v) is 3.71. The van der Waals surface area contributed by atoms with E-state index in [-0.39, 0.29) is 11.5 Å². The Morgan fingerprint density at radius 2 is 1.90 bits per heavy atom. The Morgan fingerprint density at radius 3 is 2.50 bits per heavy atom. The number of carbonyl (C=O) groups excluding carboxylic acids is 1. The molecule has 0 aliphatic carbocycles. The summed E-state index contributed by atoms with van der Waals surface area (Å²) < 4.78 is 2.88. The van der Waals surface area contributed by atoms with Crippen LogP contribution in [0.5, 0.6) is 0 Å². The zero-order valence-corrected chi connectivity index (χ0v) is 13.4. The van der Waals surface area contributed by atoms with Gasteiger partial charge in [0.25, 0.3) is 11.5 Å². The average molecular weight is 401 g/mol. The predicted octanol–water partition coefficient (Wildman–Crippen LogP) is 2.03. The molecule has 104 valence electrons. The quantitative estimate of drug-likeness (QED) is 0.470. The second-order valence-corrected chi connectivity index (χ2v) is 5.88. The van der Waals surface area contributed by atoms with Crippen molar-refractivity contribution >= 4 is 37.8 Å². The van der Waals surface area contributed by atoms with Crippen molar-refractivity contribution < 1.29 is 4.79 Å². The number of aromatic nitrogens is 1. The molecule has 2 aromatic rings. The molecule has 1 amide bonds. The number of pyridine rings is 1. The first-order valence-electron chi connectivity index (χ1n) is 5.66. The second kappa shape index (κ2) is 6.34. The largest absolute Gasteiger partial charge is 0.309 e. The summed E-state index contributed by atoms with van der Waals surface area (Å²) in [7, 11) is 0. The highest BCUT2D eigenvalue weighted by Gasteiger charge is 2.06. The molecule has 0 aliphatic heterocycles. The molecule has 0 radical (unpaired) electrons. The molecule has 0 atom stereocenters. The Morgan fingerprint density at radius 1 is 1.25 bits per heavy atom. The summed E-state index contributed by atoms with van der Waals surface area (Å²) in [5.74, 6) is 4.72. The number of rotatable bonds is 3. The van der Waals surface area contributed by atoms with E-state index in [1.165, 1.54) is 0 Å². The molecule has 0 fully saturated rings. The highest BCUT2D eigenvalue weighted by Crippen LogP contribution is 2.14. The maximum absolute atomic E-state index is 12.0. The third-order valence-electron chi connectivity index (χ3n) is 2.71. The van der Waals surface area contributed by atoms with Gasteiger partial charge in [-0.25, -0.2) is 5.84 Å². The minimum Gasteiger partial charge on any atom is -0.309 e. The van der Waals surface area contributed by atoms with Gasteiger partial charge in [0.05, 0.1) is 11.0 Å². The number of carbonyl (C=O) groups is 1. The molecule has 1 aromatic carbocycles. The normalized spacial score (nSPS) is 10.3. The minimum atomic E-state index is -0.348. The van der Waals surface area contributed by atoms with Crippen molar-refractivity contribution in [2.75, 3.05) is 0 Å². The van der Waals surface area contributed by atoms with Crippen LogP contribution in [0.15, 0.2) is 50.3 Å². The number of hydrazine groups is 1. The number of halogens is 2. The lowest BCUT2D eigenvalue weighted by Crippen LogP contribution is -2.29. The summed E-state index contributed by atoms with van der Waals surface area (Å²) in [4.78, 5) is 23.3. The van der Waals surface area contributed by atoms with Crippen LogP contribution in [0.1, 0.15) is 15.9 Å². The predicted molar refractivity (Wildman–Crippen MR) is 83.3 cm³/mol. The molecule has 0 bridgehead atoms. The van der Waals surface area contributed by atoms with Gasteiger partial charge in [0.1, 0.15) is 0 Å². The molecule has 1 heterocycles. The van der Waals surface area contributed by atoms with Gasteiger partial charge in [0.2, 0.25) is 0 Å². The van der Waals surface area contributed by atoms with Crippen molar-refractivity contribution in [3.05, 3.63) is 67.0 Å². The molecule has 1 aromatic heterocycles. The van der Waals surface area contributed by atoms with E-state index < -0.39 is 0 Å². The van der Waals surface area contributed by atoms with Gasteiger partial charge >= 0.3 is 0 Å². The van der Waals surface area contributed by atoms with Crippen molar-refractivity contribution in [3.63, 3.8) is 0 Å². The molecular formula is C13H11Br2N3O2. The Kier molecular flexibility index (Phi) is 4.74. The SMILES string of the molecule is NNC(=O)c1ccc(Cn2cc(Br)cc(Br)c2=O)cc1. The van der Waals surface area contributed by atoms with Crippen molar-refractivity contribution in [2.45, 2.75) is 6.54 Å². The Hall–Kier alpha value is -1.44. The van der Waals surface area contributed by atoms with Crippen LogP contribution in [-0.2, 0) is 6.54 Å². The van der Waals surface area contributed by atoms with E-state index in [9.17, 15) is 9.59 Å². The van der Waals surface area contributed by atoms with Gasteiger partial charge in [0.15, 0.2) is 0 Å². The molecule has 0 saturated heterocycles. The number of amides is 1. The first-order chi connectivity index (χ1) is 9.51. The fourth-order valence-corrected chi connectivity index (χ4v) is 2.98. The van der Waals surface area contributed by atoms with E-state index in [1.807, 2.05) is 0 Å². The van der Waals surface area contributed by atoms with Gasteiger partial charge in [-0.3, -0.25) is 15.0 Å². The molecule has 7 heteroatoms. The van der Waals surface area contributed by atoms with Crippen molar-refractivity contribution in [3.8, 4) is 0 Å². The Bertz CT molecular complexity index is 696. The van der Waals surface area contributed by atoms with Gasteiger partial charge in [-0.2, -0.15) is 0 Å². The minimum absolute atomic E-state index is 0.114. The van der Waals surface area contributed by atoms with Gasteiger partial charge in [-0.05, 0) is 55.6 Å². The maximum atomic E-state index is 12.0. The number of nitrogens with zero attached hydrogens (tertiary/aromatic N) is 1. The fourth-order valence-electron chi connectivity index (χ4n) is 1.72. The monoisotopic (exact) mass is 399 g/mol. The second-order valence-electron chi connectivity index (χ2n) is 4.11. The van der Waals surface area contributed by atoms with Gasteiger partial charge in [0, 0.05) is 16.2 Å². The Labute approximate surface area is 132 Å². The summed E-state index contributed by atoms with van der Waals surface area (Å²) in [5, 5.41) is 0. The average Bonchev–Trinajstić information content (AvgIpc) is 2.44. The van der Waals surface area contributed by atoms with Crippen molar-refractivity contribution in [1.29, 1.82) is 0 Å². The standard InChI is InChI=1S/C13H11Br2N3O2/c14-10-5-11(15)13(20)18(7-10)6-8-1-3-9(4-2-8)12(19)17-16/h1-5,7H,6,16H2,(H,17,19). The molecule has 2 rings (SSSR count). The van der Waals surface area contributed by atoms with E-state index in [1.54, 1.807) is 41.1 Å². The molecule has 3 N–H and O–H groups in total. The summed E-state index contributed by atoms with van der Waals surface area (Å²) in [6.45, 7) is 0.418. The molecule has 0 aliphatic rings. The summed E-state index contributed by atoms with van der Waals surface area (Å²) in [6.07, 6.45) is 1.72. The summed E-state index contributed by atoms with van der Waals surface area (Å²) in [5.41, 5.74) is 3.33. The molecule has 0 unspecified atom stereocenters. The van der Waals surface area contributed by atoms with E-state index in [0.717, 1.165) is 10.0 Å². The number of hydrogen-bond donors (Lipinski definition) is 2. The highest BCUT2D eigenvalue weighted by molar-refractivity contribution is 9.11. The van der Waals surface area contributed by atoms with Gasteiger partial charge < -0.3 is 4.57 Å². The number of nitrogens with two attached hydrogens (primary N) is 1. The van der Waals surface area contributed by atoms with Crippen LogP contribution in [0.3, 0.4) is 0 Å². The van der Waals surface area contributed by atoms with Crippen molar-refractivity contribution in [2.24, 2.45) is 5.84 Å². The molecule has 0 spiro atoms. The zero-order chi connectivity index (χ0) is 14.7. The van der Waals surface area contributed by atoms with Crippen LogP contribution in [0.4, 0.5) is 0 Å². The fraction of sp³-hybridized carbons (Fsp3) is 0.0769. The maximum Gasteiger partial charge on any atom is 0.265 e. The van der Waals surface area contributed by atoms with Crippen LogP contribution in [0, 0.1) is 0 Å². The zero-order valence-electron chi connectivity index (χ0n) is 10.3. The highest BCUT2D eigenvalue weighted by atomic mass is 79.9. The molecular weight excluding hydrogens is 390 g/mol. The number of hydrogen-bond acceptors (Lipinski definition) is 3. The van der Waals surface area contributed by atoms with E-state index in [4.69, 9.17) is 5.84 Å². The van der Waals surface area contributed by atoms with Crippen LogP contribution >= 0.6 is 31.9 Å². The first-order valence-corrected chi connectivity index (χ1v) is 7.25. The van der Waals surface area contributed by atoms with E-state index >= 15 is 0 Å². The Balaban J connectivity index is 2.27. The van der Waals surface area contributed by atoms with Crippen molar-refractivity contribution in [1.82, 2.24) is 9.99 Å². The van der Waals surface area contributed by atoms with E-state index in [2.05, 4.69) is 37.3 Å². The van der Waals surface area contributed by atoms with Crippen LogP contribution < -0.4 is 16.8 Å². The summed E-state index contributed by atoms with van der Waals surface area (Å²) in [6, 6.07) is 8.59. The number of nitrogens with one attached hydrogen (secondary N) is 1. The van der Waals surface area contributed by atoms with Gasteiger partial charge in [-0.1, -0.05) is 12.1 Å². The van der Waals surface area contributed by atoms with Crippen LogP contribution in [0.2, 0.25) is 0 Å². The number of benzene rings is 1. The number of nitrogen functional groups attached to an aromatic ring is 1. The molecule has 5 nitrogen and oxygen atoms in total. The van der Waals surface area contributed by atoms with Crippen LogP contribution in [0.25, 0.3) is 0 Å². The van der Waals surface area contributed by atoms with E-state index in [0.29, 0.717) is 16.6 Å². The first kappa shape index (κ1) is 15.0. The van der Waals surface area contributed by atoms with Crippen LogP contribution in [-0.4, -0.2) is 10.5 Å². The summed E-state index contributed by atoms with van der Waals surface area (Å²) >= 11 is 6.56. The lowest BCUT2D eigenvalue weighted by molar-refractivity contribution is 0.0953. The topological polar surface area (TPSA) is 77.1 Å². The third kappa shape index (κ3) is 3.36. The molecule has 0 saturated carbocycles. The van der Waals surface area contributed by atoms with Gasteiger partial charge in [-0.15, -0.1) is 0 Å².